The molecule has 1 aliphatic heterocycles. The van der Waals surface area contributed by atoms with Crippen molar-refractivity contribution >= 4 is 28.9 Å². The summed E-state index contributed by atoms with van der Waals surface area (Å²) in [5, 5.41) is 2.26. The van der Waals surface area contributed by atoms with Gasteiger partial charge in [-0.1, -0.05) is 36.9 Å². The van der Waals surface area contributed by atoms with Crippen molar-refractivity contribution in [3.63, 3.8) is 0 Å². The molecule has 8 nitrogen and oxygen atoms in total. The lowest BCUT2D eigenvalue weighted by atomic mass is 9.93. The van der Waals surface area contributed by atoms with Crippen LogP contribution < -0.4 is 5.73 Å². The van der Waals surface area contributed by atoms with Crippen molar-refractivity contribution in [1.29, 1.82) is 0 Å². The molecular formula is C31H31F2N5O3S. The van der Waals surface area contributed by atoms with Gasteiger partial charge in [-0.2, -0.15) is 0 Å². The predicted octanol–water partition coefficient (Wildman–Crippen LogP) is 6.30. The highest BCUT2D eigenvalue weighted by Crippen LogP contribution is 2.43. The summed E-state index contributed by atoms with van der Waals surface area (Å²) in [6.07, 6.45) is 2.83. The van der Waals surface area contributed by atoms with Crippen LogP contribution in [0.5, 0.6) is 0 Å². The highest BCUT2D eigenvalue weighted by atomic mass is 32.1. The number of aryl methyl sites for hydroxylation is 1. The lowest BCUT2D eigenvalue weighted by Gasteiger charge is -2.27. The molecule has 3 heterocycles. The van der Waals surface area contributed by atoms with Gasteiger partial charge in [-0.15, -0.1) is 11.3 Å². The number of amides is 1. The topological polar surface area (TPSA) is 107 Å². The third kappa shape index (κ3) is 6.32. The number of benzene rings is 2. The van der Waals surface area contributed by atoms with Crippen LogP contribution in [0.4, 0.5) is 8.78 Å². The fraction of sp³-hybridized carbons (Fsp3) is 0.290. The Bertz CT molecular complexity index is 1620. The molecule has 0 bridgehead atoms. The number of hydrogen-bond acceptors (Lipinski definition) is 8. The minimum Gasteiger partial charge on any atom is -0.445 e. The minimum absolute atomic E-state index is 0.149. The first-order valence-electron chi connectivity index (χ1n) is 13.3. The van der Waals surface area contributed by atoms with Gasteiger partial charge in [0.1, 0.15) is 17.0 Å². The molecule has 0 saturated carbocycles. The number of carbonyl (C=O) groups is 1. The summed E-state index contributed by atoms with van der Waals surface area (Å²) in [7, 11) is 1.57. The van der Waals surface area contributed by atoms with E-state index in [4.69, 9.17) is 14.9 Å². The molecule has 0 spiro atoms. The van der Waals surface area contributed by atoms with Crippen LogP contribution in [0.2, 0.25) is 0 Å². The maximum Gasteiger partial charge on any atom is 0.267 e. The van der Waals surface area contributed by atoms with Crippen molar-refractivity contribution in [2.24, 2.45) is 10.7 Å². The summed E-state index contributed by atoms with van der Waals surface area (Å²) in [5.41, 5.74) is 8.40. The van der Waals surface area contributed by atoms with E-state index in [1.807, 2.05) is 37.3 Å². The number of nitrogens with zero attached hydrogens (tertiary/aromatic N) is 4. The van der Waals surface area contributed by atoms with Crippen LogP contribution >= 0.6 is 11.3 Å². The van der Waals surface area contributed by atoms with Gasteiger partial charge in [-0.3, -0.25) is 9.79 Å². The predicted molar refractivity (Wildman–Crippen MR) is 158 cm³/mol. The summed E-state index contributed by atoms with van der Waals surface area (Å²) in [6, 6.07) is 13.7. The van der Waals surface area contributed by atoms with E-state index in [0.717, 1.165) is 5.56 Å². The van der Waals surface area contributed by atoms with Gasteiger partial charge in [-0.05, 0) is 44.0 Å². The van der Waals surface area contributed by atoms with Crippen LogP contribution in [0.25, 0.3) is 17.2 Å². The standard InChI is InChI=1S/C31H31F2N5O3S/c1-19-17-42-27(37-19)25-16-31(32,33)18-38(25)28(39)24-13-22(12-23(14-24)26-36-10-11-40-26)20(2)41-29(35-4)30(3,34)15-21-8-6-5-7-9-21/h5-14,17,25H,2,15-16,18,34H2,1,3-4H3/b35-29-/t25-,30?/m1/s1. The second-order valence-electron chi connectivity index (χ2n) is 10.6. The third-order valence-electron chi connectivity index (χ3n) is 6.96. The first-order chi connectivity index (χ1) is 20.0. The van der Waals surface area contributed by atoms with Crippen molar-refractivity contribution in [3.05, 3.63) is 100 Å². The number of hydrogen-bond donors (Lipinski definition) is 1. The number of likely N-dealkylation sites (tertiary alicyclic amines) is 1. The molecule has 2 N–H and O–H groups in total. The average Bonchev–Trinajstić information content (AvgIpc) is 3.71. The van der Waals surface area contributed by atoms with Gasteiger partial charge in [0.25, 0.3) is 11.8 Å². The zero-order valence-corrected chi connectivity index (χ0v) is 24.3. The summed E-state index contributed by atoms with van der Waals surface area (Å²) < 4.78 is 40.9. The Morgan fingerprint density at radius 3 is 2.67 bits per heavy atom. The molecule has 0 radical (unpaired) electrons. The van der Waals surface area contributed by atoms with Crippen molar-refractivity contribution in [1.82, 2.24) is 14.9 Å². The Balaban J connectivity index is 1.47. The van der Waals surface area contributed by atoms with Crippen molar-refractivity contribution in [2.75, 3.05) is 13.6 Å². The van der Waals surface area contributed by atoms with Crippen molar-refractivity contribution in [3.8, 4) is 11.5 Å². The SMILES string of the molecule is C=C(O/C(=N\C)C(C)(N)Cc1ccccc1)c1cc(C(=O)N2CC(F)(F)C[C@@H]2c2nc(C)cs2)cc(-c2ncco2)c1. The van der Waals surface area contributed by atoms with Gasteiger partial charge in [0.15, 0.2) is 0 Å². The fourth-order valence-electron chi connectivity index (χ4n) is 5.03. The maximum absolute atomic E-state index is 14.7. The molecule has 2 aromatic carbocycles. The summed E-state index contributed by atoms with van der Waals surface area (Å²) in [4.78, 5) is 27.9. The van der Waals surface area contributed by atoms with Crippen LogP contribution in [0.15, 0.2) is 82.4 Å². The molecule has 4 aromatic rings. The van der Waals surface area contributed by atoms with Gasteiger partial charge in [0, 0.05) is 41.2 Å². The Morgan fingerprint density at radius 2 is 2.02 bits per heavy atom. The molecule has 1 fully saturated rings. The largest absolute Gasteiger partial charge is 0.445 e. The van der Waals surface area contributed by atoms with E-state index in [0.29, 0.717) is 28.2 Å². The first-order valence-corrected chi connectivity index (χ1v) is 14.2. The van der Waals surface area contributed by atoms with Crippen LogP contribution in [0.3, 0.4) is 0 Å². The first kappa shape index (κ1) is 29.3. The summed E-state index contributed by atoms with van der Waals surface area (Å²) in [5.74, 6) is -2.98. The van der Waals surface area contributed by atoms with Gasteiger partial charge < -0.3 is 19.8 Å². The number of alkyl halides is 2. The molecule has 2 aromatic heterocycles. The highest BCUT2D eigenvalue weighted by molar-refractivity contribution is 7.09. The van der Waals surface area contributed by atoms with E-state index in [-0.39, 0.29) is 23.1 Å². The molecule has 1 amide bonds. The Labute approximate surface area is 246 Å². The number of aliphatic imine (C=N–C) groups is 1. The zero-order chi connectivity index (χ0) is 30.1. The zero-order valence-electron chi connectivity index (χ0n) is 23.5. The number of rotatable bonds is 8. The molecule has 2 atom stereocenters. The summed E-state index contributed by atoms with van der Waals surface area (Å²) >= 11 is 1.26. The maximum atomic E-state index is 14.7. The highest BCUT2D eigenvalue weighted by Gasteiger charge is 2.49. The van der Waals surface area contributed by atoms with Gasteiger partial charge >= 0.3 is 0 Å². The second kappa shape index (κ2) is 11.6. The summed E-state index contributed by atoms with van der Waals surface area (Å²) in [6.45, 7) is 6.96. The van der Waals surface area contributed by atoms with E-state index in [9.17, 15) is 13.6 Å². The number of ether oxygens (including phenoxy) is 1. The molecular weight excluding hydrogens is 560 g/mol. The molecule has 218 valence electrons. The Kier molecular flexibility index (Phi) is 8.07. The van der Waals surface area contributed by atoms with E-state index in [2.05, 4.69) is 21.5 Å². The fourth-order valence-corrected chi connectivity index (χ4v) is 5.94. The Morgan fingerprint density at radius 1 is 1.29 bits per heavy atom. The van der Waals surface area contributed by atoms with E-state index >= 15 is 0 Å². The van der Waals surface area contributed by atoms with Gasteiger partial charge in [-0.25, -0.2) is 18.7 Å². The van der Waals surface area contributed by atoms with Crippen LogP contribution in [-0.4, -0.2) is 51.7 Å². The van der Waals surface area contributed by atoms with E-state index in [1.54, 1.807) is 37.6 Å². The number of oxazole rings is 1. The number of thiazole rings is 1. The number of halogens is 2. The number of carbonyl (C=O) groups excluding carboxylic acids is 1. The number of nitrogens with two attached hydrogens (primary N) is 1. The van der Waals surface area contributed by atoms with Gasteiger partial charge in [0.05, 0.1) is 24.3 Å². The van der Waals surface area contributed by atoms with Crippen molar-refractivity contribution < 1.29 is 22.7 Å². The van der Waals surface area contributed by atoms with E-state index in [1.165, 1.54) is 28.7 Å². The van der Waals surface area contributed by atoms with E-state index < -0.39 is 36.4 Å². The molecule has 1 unspecified atom stereocenters. The smallest absolute Gasteiger partial charge is 0.267 e. The minimum atomic E-state index is -3.05. The molecule has 1 saturated heterocycles. The molecule has 42 heavy (non-hydrogen) atoms. The quantitative estimate of drug-likeness (QED) is 0.146. The van der Waals surface area contributed by atoms with Crippen molar-refractivity contribution in [2.45, 2.75) is 44.2 Å². The lowest BCUT2D eigenvalue weighted by molar-refractivity contribution is 0.0118. The number of aromatic nitrogens is 2. The Hall–Kier alpha value is -4.22. The third-order valence-corrected chi connectivity index (χ3v) is 8.02. The van der Waals surface area contributed by atoms with Gasteiger partial charge in [0.2, 0.25) is 11.8 Å². The molecule has 11 heteroatoms. The second-order valence-corrected chi connectivity index (χ2v) is 11.5. The van der Waals surface area contributed by atoms with Crippen LogP contribution in [0.1, 0.15) is 51.6 Å². The molecule has 0 aliphatic carbocycles. The monoisotopic (exact) mass is 591 g/mol. The normalized spacial score (nSPS) is 18.1. The van der Waals surface area contributed by atoms with Crippen LogP contribution in [-0.2, 0) is 11.2 Å². The molecule has 1 aliphatic rings. The molecule has 5 rings (SSSR count). The van der Waals surface area contributed by atoms with Crippen LogP contribution in [0, 0.1) is 6.92 Å². The average molecular weight is 592 g/mol. The lowest BCUT2D eigenvalue weighted by Crippen LogP contribution is -2.48.